The molecule has 10 heteroatoms. The van der Waals surface area contributed by atoms with E-state index in [1.54, 1.807) is 58.0 Å². The number of nitrogens with one attached hydrogen (secondary N) is 1. The first-order valence-electron chi connectivity index (χ1n) is 11.2. The van der Waals surface area contributed by atoms with Crippen molar-refractivity contribution in [2.24, 2.45) is 5.92 Å². The van der Waals surface area contributed by atoms with Crippen LogP contribution in [0, 0.1) is 17.2 Å². The van der Waals surface area contributed by atoms with Crippen LogP contribution in [-0.4, -0.2) is 50.2 Å². The van der Waals surface area contributed by atoms with E-state index in [0.717, 1.165) is 0 Å². The zero-order valence-corrected chi connectivity index (χ0v) is 20.3. The molecule has 0 aromatic heterocycles. The van der Waals surface area contributed by atoms with Gasteiger partial charge in [0.25, 0.3) is 5.91 Å². The Labute approximate surface area is 204 Å². The number of rotatable bonds is 10. The molecule has 0 saturated carbocycles. The van der Waals surface area contributed by atoms with Crippen molar-refractivity contribution in [3.63, 3.8) is 0 Å². The number of nitriles is 1. The Morgan fingerprint density at radius 3 is 1.97 bits per heavy atom. The predicted molar refractivity (Wildman–Crippen MR) is 125 cm³/mol. The van der Waals surface area contributed by atoms with Crippen LogP contribution in [-0.2, 0) is 33.4 Å². The summed E-state index contributed by atoms with van der Waals surface area (Å²) in [6, 6.07) is 10.6. The summed E-state index contributed by atoms with van der Waals surface area (Å²) >= 11 is 0. The SMILES string of the molecule is CCOC(=O)C1=C(C)NC(C)=C(C(=O)OCC)C1C(=O)OCC(=O)N(CCC#N)c1ccccc1. The second-order valence-corrected chi connectivity index (χ2v) is 7.47. The number of anilines is 1. The van der Waals surface area contributed by atoms with Gasteiger partial charge < -0.3 is 24.4 Å². The number of para-hydroxylation sites is 1. The van der Waals surface area contributed by atoms with E-state index in [-0.39, 0.29) is 37.3 Å². The molecule has 1 aromatic carbocycles. The van der Waals surface area contributed by atoms with E-state index >= 15 is 0 Å². The first-order valence-corrected chi connectivity index (χ1v) is 11.2. The highest BCUT2D eigenvalue weighted by molar-refractivity contribution is 6.06. The van der Waals surface area contributed by atoms with Gasteiger partial charge in [0.05, 0.1) is 36.9 Å². The summed E-state index contributed by atoms with van der Waals surface area (Å²) in [6.07, 6.45) is 0.0761. The molecule has 186 valence electrons. The first-order chi connectivity index (χ1) is 16.8. The molecule has 2 rings (SSSR count). The third-order valence-corrected chi connectivity index (χ3v) is 5.14. The van der Waals surface area contributed by atoms with Gasteiger partial charge in [0, 0.05) is 23.6 Å². The van der Waals surface area contributed by atoms with Crippen molar-refractivity contribution in [1.82, 2.24) is 5.32 Å². The average Bonchev–Trinajstić information content (AvgIpc) is 2.83. The Hall–Kier alpha value is -4.13. The lowest BCUT2D eigenvalue weighted by atomic mass is 9.85. The maximum atomic E-state index is 13.2. The van der Waals surface area contributed by atoms with Gasteiger partial charge in [-0.25, -0.2) is 9.59 Å². The summed E-state index contributed by atoms with van der Waals surface area (Å²) < 4.78 is 15.5. The van der Waals surface area contributed by atoms with Crippen LogP contribution in [0.5, 0.6) is 0 Å². The lowest BCUT2D eigenvalue weighted by molar-refractivity contribution is -0.153. The lowest BCUT2D eigenvalue weighted by Crippen LogP contribution is -2.40. The minimum atomic E-state index is -1.44. The molecule has 0 bridgehead atoms. The number of ether oxygens (including phenoxy) is 3. The molecule has 1 amide bonds. The van der Waals surface area contributed by atoms with E-state index in [9.17, 15) is 19.2 Å². The second kappa shape index (κ2) is 12.9. The van der Waals surface area contributed by atoms with E-state index in [0.29, 0.717) is 17.1 Å². The van der Waals surface area contributed by atoms with Crippen molar-refractivity contribution in [3.8, 4) is 6.07 Å². The van der Waals surface area contributed by atoms with Gasteiger partial charge in [-0.05, 0) is 39.8 Å². The maximum absolute atomic E-state index is 13.2. The highest BCUT2D eigenvalue weighted by atomic mass is 16.5. The molecule has 0 unspecified atom stereocenters. The number of hydrogen-bond acceptors (Lipinski definition) is 9. The van der Waals surface area contributed by atoms with Gasteiger partial charge in [-0.15, -0.1) is 0 Å². The van der Waals surface area contributed by atoms with Gasteiger partial charge in [0.1, 0.15) is 5.92 Å². The Morgan fingerprint density at radius 2 is 1.49 bits per heavy atom. The number of esters is 3. The molecule has 1 aliphatic rings. The van der Waals surface area contributed by atoms with Gasteiger partial charge >= 0.3 is 17.9 Å². The molecule has 1 aliphatic heterocycles. The molecule has 0 spiro atoms. The van der Waals surface area contributed by atoms with Gasteiger partial charge in [0.2, 0.25) is 0 Å². The largest absolute Gasteiger partial charge is 0.463 e. The standard InChI is InChI=1S/C25H29N3O7/c1-5-33-23(30)20-16(3)27-17(4)21(24(31)34-6-2)22(20)25(32)35-15-19(29)28(14-10-13-26)18-11-8-7-9-12-18/h7-9,11-12,22,27H,5-6,10,14-15H2,1-4H3. The van der Waals surface area contributed by atoms with Crippen LogP contribution < -0.4 is 10.2 Å². The fourth-order valence-corrected chi connectivity index (χ4v) is 3.65. The summed E-state index contributed by atoms with van der Waals surface area (Å²) in [5.41, 5.74) is 0.991. The monoisotopic (exact) mass is 483 g/mol. The Balaban J connectivity index is 2.34. The molecule has 0 saturated heterocycles. The van der Waals surface area contributed by atoms with Crippen LogP contribution >= 0.6 is 0 Å². The third-order valence-electron chi connectivity index (χ3n) is 5.14. The number of allylic oxidation sites excluding steroid dienone is 2. The van der Waals surface area contributed by atoms with Gasteiger partial charge in [0.15, 0.2) is 6.61 Å². The highest BCUT2D eigenvalue weighted by Gasteiger charge is 2.42. The molecule has 0 atom stereocenters. The normalized spacial score (nSPS) is 13.5. The van der Waals surface area contributed by atoms with E-state index in [1.807, 2.05) is 6.07 Å². The van der Waals surface area contributed by atoms with Crippen molar-refractivity contribution in [3.05, 3.63) is 52.9 Å². The van der Waals surface area contributed by atoms with Crippen LogP contribution in [0.1, 0.15) is 34.1 Å². The van der Waals surface area contributed by atoms with Crippen molar-refractivity contribution in [1.29, 1.82) is 5.26 Å². The Morgan fingerprint density at radius 1 is 0.943 bits per heavy atom. The number of amides is 1. The molecule has 0 radical (unpaired) electrons. The minimum absolute atomic E-state index is 0.0538. The fraction of sp³-hybridized carbons (Fsp3) is 0.400. The summed E-state index contributed by atoms with van der Waals surface area (Å²) in [6.45, 7) is 5.92. The van der Waals surface area contributed by atoms with Crippen LogP contribution in [0.15, 0.2) is 52.9 Å². The van der Waals surface area contributed by atoms with Gasteiger partial charge in [-0.1, -0.05) is 18.2 Å². The number of nitrogens with zero attached hydrogens (tertiary/aromatic N) is 2. The quantitative estimate of drug-likeness (QED) is 0.393. The lowest BCUT2D eigenvalue weighted by Gasteiger charge is -2.29. The second-order valence-electron chi connectivity index (χ2n) is 7.47. The van der Waals surface area contributed by atoms with E-state index in [1.165, 1.54) is 4.90 Å². The number of carbonyl (C=O) groups is 4. The molecular formula is C25H29N3O7. The van der Waals surface area contributed by atoms with Crippen LogP contribution in [0.3, 0.4) is 0 Å². The van der Waals surface area contributed by atoms with E-state index in [4.69, 9.17) is 19.5 Å². The smallest absolute Gasteiger partial charge is 0.337 e. The van der Waals surface area contributed by atoms with E-state index in [2.05, 4.69) is 5.32 Å². The zero-order valence-electron chi connectivity index (χ0n) is 20.3. The highest BCUT2D eigenvalue weighted by Crippen LogP contribution is 2.32. The number of dihydropyridines is 1. The maximum Gasteiger partial charge on any atom is 0.337 e. The van der Waals surface area contributed by atoms with Crippen molar-refractivity contribution < 1.29 is 33.4 Å². The molecule has 0 fully saturated rings. The van der Waals surface area contributed by atoms with Crippen molar-refractivity contribution in [2.75, 3.05) is 31.3 Å². The molecule has 0 aliphatic carbocycles. The molecule has 1 N–H and O–H groups in total. The summed E-state index contributed by atoms with van der Waals surface area (Å²) in [4.78, 5) is 52.9. The topological polar surface area (TPSA) is 135 Å². The molecular weight excluding hydrogens is 454 g/mol. The van der Waals surface area contributed by atoms with Crippen molar-refractivity contribution in [2.45, 2.75) is 34.1 Å². The number of carbonyl (C=O) groups excluding carboxylic acids is 4. The zero-order chi connectivity index (χ0) is 26.0. The van der Waals surface area contributed by atoms with Crippen LogP contribution in [0.25, 0.3) is 0 Å². The van der Waals surface area contributed by atoms with Crippen LogP contribution in [0.2, 0.25) is 0 Å². The number of benzene rings is 1. The Kier molecular flexibility index (Phi) is 10.0. The first kappa shape index (κ1) is 27.1. The van der Waals surface area contributed by atoms with Gasteiger partial charge in [-0.2, -0.15) is 5.26 Å². The fourth-order valence-electron chi connectivity index (χ4n) is 3.65. The summed E-state index contributed by atoms with van der Waals surface area (Å²) in [5.74, 6) is -4.56. The Bertz CT molecular complexity index is 1030. The summed E-state index contributed by atoms with van der Waals surface area (Å²) in [5, 5.41) is 11.9. The molecule has 35 heavy (non-hydrogen) atoms. The number of hydrogen-bond donors (Lipinski definition) is 1. The summed E-state index contributed by atoms with van der Waals surface area (Å²) in [7, 11) is 0. The molecule has 10 nitrogen and oxygen atoms in total. The van der Waals surface area contributed by atoms with Crippen molar-refractivity contribution >= 4 is 29.5 Å². The minimum Gasteiger partial charge on any atom is -0.463 e. The van der Waals surface area contributed by atoms with Gasteiger partial charge in [-0.3, -0.25) is 9.59 Å². The molecule has 1 aromatic rings. The third kappa shape index (κ3) is 6.69. The van der Waals surface area contributed by atoms with E-state index < -0.39 is 36.3 Å². The average molecular weight is 484 g/mol. The predicted octanol–water partition coefficient (Wildman–Crippen LogP) is 2.37. The molecule has 1 heterocycles. The van der Waals surface area contributed by atoms with Crippen LogP contribution in [0.4, 0.5) is 5.69 Å².